The van der Waals surface area contributed by atoms with Gasteiger partial charge < -0.3 is 4.74 Å². The molecule has 0 amide bonds. The fourth-order valence-electron chi connectivity index (χ4n) is 1.59. The second-order valence-electron chi connectivity index (χ2n) is 3.79. The summed E-state index contributed by atoms with van der Waals surface area (Å²) >= 11 is 5.84. The molecule has 0 spiro atoms. The van der Waals surface area contributed by atoms with E-state index in [9.17, 15) is 0 Å². The van der Waals surface area contributed by atoms with Gasteiger partial charge in [0.1, 0.15) is 0 Å². The molecule has 2 heteroatoms. The minimum Gasteiger partial charge on any atom is -0.382 e. The number of benzene rings is 1. The van der Waals surface area contributed by atoms with E-state index in [1.807, 2.05) is 19.1 Å². The summed E-state index contributed by atoms with van der Waals surface area (Å²) in [6.07, 6.45) is 2.29. The third kappa shape index (κ3) is 4.67. The van der Waals surface area contributed by atoms with Gasteiger partial charge in [0.25, 0.3) is 0 Å². The minimum absolute atomic E-state index is 0.586. The van der Waals surface area contributed by atoms with Gasteiger partial charge in [-0.25, -0.2) is 0 Å². The lowest BCUT2D eigenvalue weighted by Crippen LogP contribution is -1.98. The van der Waals surface area contributed by atoms with Crippen molar-refractivity contribution in [3.05, 3.63) is 34.9 Å². The third-order valence-corrected chi connectivity index (χ3v) is 2.82. The first kappa shape index (κ1) is 12.5. The van der Waals surface area contributed by atoms with Crippen molar-refractivity contribution in [2.24, 2.45) is 0 Å². The van der Waals surface area contributed by atoms with E-state index in [4.69, 9.17) is 16.3 Å². The summed E-state index contributed by atoms with van der Waals surface area (Å²) in [5, 5.41) is 0.806. The smallest absolute Gasteiger partial charge is 0.0466 e. The predicted octanol–water partition coefficient (Wildman–Crippen LogP) is 4.26. The van der Waals surface area contributed by atoms with Crippen LogP contribution in [0.5, 0.6) is 0 Å². The molecule has 1 aromatic carbocycles. The van der Waals surface area contributed by atoms with Crippen LogP contribution in [0.3, 0.4) is 0 Å². The van der Waals surface area contributed by atoms with Crippen LogP contribution in [-0.4, -0.2) is 13.2 Å². The van der Waals surface area contributed by atoms with Crippen LogP contribution < -0.4 is 0 Å². The molecule has 0 N–H and O–H groups in total. The molecule has 0 radical (unpaired) electrons. The van der Waals surface area contributed by atoms with Crippen LogP contribution in [0.4, 0.5) is 0 Å². The predicted molar refractivity (Wildman–Crippen MR) is 65.6 cm³/mol. The molecule has 0 aliphatic rings. The number of rotatable bonds is 6. The average molecular weight is 227 g/mol. The summed E-state index contributed by atoms with van der Waals surface area (Å²) in [4.78, 5) is 0. The zero-order valence-corrected chi connectivity index (χ0v) is 10.3. The lowest BCUT2D eigenvalue weighted by Gasteiger charge is -2.11. The Morgan fingerprint density at radius 3 is 2.53 bits per heavy atom. The van der Waals surface area contributed by atoms with Gasteiger partial charge in [-0.05, 0) is 43.4 Å². The van der Waals surface area contributed by atoms with E-state index in [0.717, 1.165) is 24.7 Å². The third-order valence-electron chi connectivity index (χ3n) is 2.57. The standard InChI is InChI=1S/C13H19ClO/c1-3-15-10-4-5-11(2)12-6-8-13(14)9-7-12/h6-9,11H,3-5,10H2,1-2H3. The van der Waals surface area contributed by atoms with Crippen molar-refractivity contribution in [3.8, 4) is 0 Å². The molecule has 0 aliphatic heterocycles. The summed E-state index contributed by atoms with van der Waals surface area (Å²) in [6.45, 7) is 5.96. The Kier molecular flexibility index (Phi) is 5.74. The van der Waals surface area contributed by atoms with E-state index in [1.165, 1.54) is 12.0 Å². The molecule has 0 fully saturated rings. The van der Waals surface area contributed by atoms with Crippen molar-refractivity contribution < 1.29 is 4.74 Å². The normalized spacial score (nSPS) is 12.7. The summed E-state index contributed by atoms with van der Waals surface area (Å²) in [6, 6.07) is 8.12. The molecule has 1 rings (SSSR count). The Bertz CT molecular complexity index is 268. The van der Waals surface area contributed by atoms with E-state index in [0.29, 0.717) is 5.92 Å². The summed E-state index contributed by atoms with van der Waals surface area (Å²) in [7, 11) is 0. The van der Waals surface area contributed by atoms with E-state index in [1.54, 1.807) is 0 Å². The van der Waals surface area contributed by atoms with Crippen LogP contribution in [0.25, 0.3) is 0 Å². The molecule has 0 heterocycles. The van der Waals surface area contributed by atoms with Crippen molar-refractivity contribution in [2.75, 3.05) is 13.2 Å². The van der Waals surface area contributed by atoms with Gasteiger partial charge in [-0.2, -0.15) is 0 Å². The van der Waals surface area contributed by atoms with Crippen molar-refractivity contribution in [3.63, 3.8) is 0 Å². The largest absolute Gasteiger partial charge is 0.382 e. The maximum Gasteiger partial charge on any atom is 0.0466 e. The molecule has 0 saturated heterocycles. The van der Waals surface area contributed by atoms with Crippen molar-refractivity contribution in [1.82, 2.24) is 0 Å². The Balaban J connectivity index is 2.33. The van der Waals surface area contributed by atoms with E-state index >= 15 is 0 Å². The first-order valence-electron chi connectivity index (χ1n) is 5.57. The van der Waals surface area contributed by atoms with Crippen LogP contribution in [0.2, 0.25) is 5.02 Å². The quantitative estimate of drug-likeness (QED) is 0.659. The van der Waals surface area contributed by atoms with Crippen LogP contribution in [0.1, 0.15) is 38.2 Å². The number of halogens is 1. The molecular formula is C13H19ClO. The Morgan fingerprint density at radius 2 is 1.93 bits per heavy atom. The van der Waals surface area contributed by atoms with Crippen molar-refractivity contribution in [2.45, 2.75) is 32.6 Å². The average Bonchev–Trinajstić information content (AvgIpc) is 2.25. The molecule has 0 saturated carbocycles. The second kappa shape index (κ2) is 6.86. The maximum atomic E-state index is 5.84. The first-order chi connectivity index (χ1) is 7.24. The van der Waals surface area contributed by atoms with Crippen LogP contribution in [-0.2, 0) is 4.74 Å². The van der Waals surface area contributed by atoms with Gasteiger partial charge in [0, 0.05) is 18.2 Å². The molecule has 1 aromatic rings. The number of hydrogen-bond donors (Lipinski definition) is 0. The van der Waals surface area contributed by atoms with E-state index in [-0.39, 0.29) is 0 Å². The molecule has 15 heavy (non-hydrogen) atoms. The highest BCUT2D eigenvalue weighted by Gasteiger charge is 2.04. The molecule has 84 valence electrons. The van der Waals surface area contributed by atoms with Crippen LogP contribution >= 0.6 is 11.6 Å². The molecule has 0 aromatic heterocycles. The van der Waals surface area contributed by atoms with E-state index < -0.39 is 0 Å². The molecule has 0 aliphatic carbocycles. The van der Waals surface area contributed by atoms with E-state index in [2.05, 4.69) is 19.1 Å². The molecule has 0 bridgehead atoms. The monoisotopic (exact) mass is 226 g/mol. The Labute approximate surface area is 97.4 Å². The number of ether oxygens (including phenoxy) is 1. The van der Waals surface area contributed by atoms with Gasteiger partial charge in [0.2, 0.25) is 0 Å². The number of hydrogen-bond acceptors (Lipinski definition) is 1. The fraction of sp³-hybridized carbons (Fsp3) is 0.538. The van der Waals surface area contributed by atoms with Gasteiger partial charge in [0.15, 0.2) is 0 Å². The highest BCUT2D eigenvalue weighted by Crippen LogP contribution is 2.22. The SMILES string of the molecule is CCOCCCC(C)c1ccc(Cl)cc1. The maximum absolute atomic E-state index is 5.84. The van der Waals surface area contributed by atoms with Crippen LogP contribution in [0, 0.1) is 0 Å². The van der Waals surface area contributed by atoms with Gasteiger partial charge in [-0.1, -0.05) is 30.7 Å². The van der Waals surface area contributed by atoms with Gasteiger partial charge >= 0.3 is 0 Å². The summed E-state index contributed by atoms with van der Waals surface area (Å²) in [5.74, 6) is 0.586. The zero-order valence-electron chi connectivity index (χ0n) is 9.50. The Morgan fingerprint density at radius 1 is 1.27 bits per heavy atom. The molecule has 1 atom stereocenters. The first-order valence-corrected chi connectivity index (χ1v) is 5.95. The fourth-order valence-corrected chi connectivity index (χ4v) is 1.72. The van der Waals surface area contributed by atoms with Crippen molar-refractivity contribution >= 4 is 11.6 Å². The molecular weight excluding hydrogens is 208 g/mol. The Hall–Kier alpha value is -0.530. The van der Waals surface area contributed by atoms with Gasteiger partial charge in [-0.15, -0.1) is 0 Å². The minimum atomic E-state index is 0.586. The molecule has 1 nitrogen and oxygen atoms in total. The summed E-state index contributed by atoms with van der Waals surface area (Å²) < 4.78 is 5.32. The molecule has 1 unspecified atom stereocenters. The topological polar surface area (TPSA) is 9.23 Å². The zero-order chi connectivity index (χ0) is 11.1. The van der Waals surface area contributed by atoms with Crippen LogP contribution in [0.15, 0.2) is 24.3 Å². The van der Waals surface area contributed by atoms with Gasteiger partial charge in [0.05, 0.1) is 0 Å². The highest BCUT2D eigenvalue weighted by molar-refractivity contribution is 6.30. The van der Waals surface area contributed by atoms with Gasteiger partial charge in [-0.3, -0.25) is 0 Å². The lowest BCUT2D eigenvalue weighted by molar-refractivity contribution is 0.142. The second-order valence-corrected chi connectivity index (χ2v) is 4.23. The summed E-state index contributed by atoms with van der Waals surface area (Å²) in [5.41, 5.74) is 1.36. The van der Waals surface area contributed by atoms with Crippen molar-refractivity contribution in [1.29, 1.82) is 0 Å². The highest BCUT2D eigenvalue weighted by atomic mass is 35.5. The lowest BCUT2D eigenvalue weighted by atomic mass is 9.97.